The van der Waals surface area contributed by atoms with Gasteiger partial charge in [0.15, 0.2) is 5.78 Å². The SMILES string of the molecule is C#C.C=C(C)N.CC[C@H](C)[C@H](NC(=O)C(Cc1ccc(O)cc1)N(C)C(=O)[C@H]([C@@H](C)CC)N1C=CCCC1=O)C(C)=O. The third kappa shape index (κ3) is 11.8. The third-order valence-corrected chi connectivity index (χ3v) is 7.25. The van der Waals surface area contributed by atoms with E-state index in [1.54, 1.807) is 32.3 Å². The first kappa shape index (κ1) is 37.9. The molecule has 4 N–H and O–H groups in total. The average molecular weight is 583 g/mol. The topological polar surface area (TPSA) is 133 Å². The molecule has 1 aliphatic heterocycles. The number of rotatable bonds is 12. The molecular weight excluding hydrogens is 532 g/mol. The molecule has 1 unspecified atom stereocenters. The molecule has 0 saturated heterocycles. The summed E-state index contributed by atoms with van der Waals surface area (Å²) in [5, 5.41) is 12.5. The number of aromatic hydroxyl groups is 1. The van der Waals surface area contributed by atoms with Crippen molar-refractivity contribution in [3.05, 3.63) is 54.4 Å². The summed E-state index contributed by atoms with van der Waals surface area (Å²) >= 11 is 0. The van der Waals surface area contributed by atoms with E-state index >= 15 is 0 Å². The van der Waals surface area contributed by atoms with Crippen LogP contribution in [0.3, 0.4) is 0 Å². The van der Waals surface area contributed by atoms with Crippen LogP contribution in [0.1, 0.15) is 72.8 Å². The van der Waals surface area contributed by atoms with Crippen molar-refractivity contribution in [2.24, 2.45) is 17.6 Å². The number of benzene rings is 1. The van der Waals surface area contributed by atoms with Crippen molar-refractivity contribution in [1.29, 1.82) is 0 Å². The van der Waals surface area contributed by atoms with E-state index in [4.69, 9.17) is 5.73 Å². The zero-order valence-electron chi connectivity index (χ0n) is 26.3. The monoisotopic (exact) mass is 582 g/mol. The number of nitrogens with two attached hydrogens (primary N) is 1. The molecule has 0 saturated carbocycles. The number of terminal acetylenes is 1. The number of phenolic OH excluding ortho intramolecular Hbond substituents is 1. The van der Waals surface area contributed by atoms with Gasteiger partial charge in [-0.25, -0.2) is 0 Å². The summed E-state index contributed by atoms with van der Waals surface area (Å²) in [7, 11) is 1.58. The van der Waals surface area contributed by atoms with Crippen LogP contribution < -0.4 is 11.1 Å². The van der Waals surface area contributed by atoms with Crippen molar-refractivity contribution < 1.29 is 24.3 Å². The number of allylic oxidation sites excluding steroid dienone is 2. The van der Waals surface area contributed by atoms with Gasteiger partial charge in [-0.3, -0.25) is 19.2 Å². The highest BCUT2D eigenvalue weighted by Gasteiger charge is 2.39. The van der Waals surface area contributed by atoms with E-state index in [1.807, 2.05) is 33.8 Å². The maximum Gasteiger partial charge on any atom is 0.246 e. The summed E-state index contributed by atoms with van der Waals surface area (Å²) < 4.78 is 0. The predicted octanol–water partition coefficient (Wildman–Crippen LogP) is 4.16. The lowest BCUT2D eigenvalue weighted by Gasteiger charge is -2.38. The van der Waals surface area contributed by atoms with Crippen LogP contribution in [0.25, 0.3) is 0 Å². The van der Waals surface area contributed by atoms with Crippen LogP contribution in [0.4, 0.5) is 0 Å². The van der Waals surface area contributed by atoms with Gasteiger partial charge in [-0.15, -0.1) is 12.8 Å². The molecule has 3 amide bonds. The second-order valence-corrected chi connectivity index (χ2v) is 10.7. The molecule has 1 aromatic carbocycles. The van der Waals surface area contributed by atoms with Crippen molar-refractivity contribution in [3.63, 3.8) is 0 Å². The quantitative estimate of drug-likeness (QED) is 0.317. The normalized spacial score (nSPS) is 15.7. The Balaban J connectivity index is 0.00000257. The van der Waals surface area contributed by atoms with Crippen LogP contribution in [-0.2, 0) is 25.6 Å². The molecule has 0 radical (unpaired) electrons. The van der Waals surface area contributed by atoms with Crippen molar-refractivity contribution >= 4 is 23.5 Å². The largest absolute Gasteiger partial charge is 0.508 e. The highest BCUT2D eigenvalue weighted by Crippen LogP contribution is 2.24. The van der Waals surface area contributed by atoms with Crippen molar-refractivity contribution in [1.82, 2.24) is 15.1 Å². The van der Waals surface area contributed by atoms with E-state index in [-0.39, 0.29) is 41.6 Å². The number of amides is 3. The molecule has 2 rings (SSSR count). The molecule has 0 aromatic heterocycles. The molecule has 9 heteroatoms. The molecule has 1 aliphatic rings. The van der Waals surface area contributed by atoms with Gasteiger partial charge in [0, 0.05) is 26.1 Å². The number of likely N-dealkylation sites (N-methyl/N-ethyl adjacent to an activating group) is 1. The van der Waals surface area contributed by atoms with Crippen LogP contribution in [0.5, 0.6) is 5.75 Å². The average Bonchev–Trinajstić information content (AvgIpc) is 2.96. The highest BCUT2D eigenvalue weighted by atomic mass is 16.3. The van der Waals surface area contributed by atoms with E-state index in [2.05, 4.69) is 24.7 Å². The van der Waals surface area contributed by atoms with Gasteiger partial charge >= 0.3 is 0 Å². The molecular formula is C33H50N4O5. The first-order valence-electron chi connectivity index (χ1n) is 14.3. The Morgan fingerprint density at radius 1 is 1.10 bits per heavy atom. The minimum Gasteiger partial charge on any atom is -0.508 e. The summed E-state index contributed by atoms with van der Waals surface area (Å²) in [5.41, 5.74) is 6.34. The summed E-state index contributed by atoms with van der Waals surface area (Å²) in [6, 6.07) is 4.15. The van der Waals surface area contributed by atoms with Gasteiger partial charge in [0.2, 0.25) is 17.7 Å². The maximum absolute atomic E-state index is 13.9. The van der Waals surface area contributed by atoms with Crippen molar-refractivity contribution in [2.75, 3.05) is 7.05 Å². The molecule has 0 aliphatic carbocycles. The van der Waals surface area contributed by atoms with Gasteiger partial charge in [0.25, 0.3) is 0 Å². The molecule has 0 spiro atoms. The zero-order valence-corrected chi connectivity index (χ0v) is 26.3. The Bertz CT molecular complexity index is 1090. The molecule has 0 bridgehead atoms. The minimum absolute atomic E-state index is 0.0641. The lowest BCUT2D eigenvalue weighted by molar-refractivity contribution is -0.149. The van der Waals surface area contributed by atoms with Gasteiger partial charge < -0.3 is 26.0 Å². The van der Waals surface area contributed by atoms with Crippen LogP contribution in [0, 0.1) is 24.7 Å². The van der Waals surface area contributed by atoms with Gasteiger partial charge in [-0.2, -0.15) is 0 Å². The van der Waals surface area contributed by atoms with Crippen LogP contribution in [0.2, 0.25) is 0 Å². The van der Waals surface area contributed by atoms with Crippen LogP contribution >= 0.6 is 0 Å². The number of carbonyl (C=O) groups excluding carboxylic acids is 4. The van der Waals surface area contributed by atoms with E-state index < -0.39 is 24.0 Å². The first-order chi connectivity index (χ1) is 19.7. The van der Waals surface area contributed by atoms with Gasteiger partial charge in [-0.1, -0.05) is 65.3 Å². The predicted molar refractivity (Wildman–Crippen MR) is 168 cm³/mol. The summed E-state index contributed by atoms with van der Waals surface area (Å²) in [6.07, 6.45) is 14.1. The third-order valence-electron chi connectivity index (χ3n) is 7.25. The number of nitrogens with zero attached hydrogens (tertiary/aromatic N) is 2. The lowest BCUT2D eigenvalue weighted by atomic mass is 9.93. The molecule has 0 fully saturated rings. The Hall–Kier alpha value is -4.06. The molecule has 1 heterocycles. The standard InChI is InChI=1S/C28H41N3O5.C3H7N.C2H2/c1-7-18(3)25(20(5)32)29-27(35)23(17-21-12-14-22(33)15-13-21)30(6)28(36)26(19(4)8-2)31-16-10-9-11-24(31)34;1-3(2)4;1-2/h10,12-16,18-19,23,25-26,33H,7-9,11,17H2,1-6H3,(H,29,35);1,4H2,2H3;1-2H/t18-,19-,23?,25-,26-;;/m0../s1. The Labute approximate surface area is 252 Å². The molecule has 232 valence electrons. The van der Waals surface area contributed by atoms with Gasteiger partial charge in [-0.05, 0) is 55.5 Å². The van der Waals surface area contributed by atoms with E-state index in [9.17, 15) is 24.3 Å². The van der Waals surface area contributed by atoms with Crippen molar-refractivity contribution in [3.8, 4) is 18.6 Å². The maximum atomic E-state index is 13.9. The number of carbonyl (C=O) groups is 4. The minimum atomic E-state index is -0.914. The smallest absolute Gasteiger partial charge is 0.246 e. The molecule has 9 nitrogen and oxygen atoms in total. The second-order valence-electron chi connectivity index (χ2n) is 10.7. The number of nitrogens with one attached hydrogen (secondary N) is 1. The lowest BCUT2D eigenvalue weighted by Crippen LogP contribution is -2.58. The number of phenols is 1. The molecule has 42 heavy (non-hydrogen) atoms. The fourth-order valence-electron chi connectivity index (χ4n) is 4.47. The van der Waals surface area contributed by atoms with E-state index in [0.29, 0.717) is 31.4 Å². The Morgan fingerprint density at radius 3 is 2.07 bits per heavy atom. The van der Waals surface area contributed by atoms with Crippen LogP contribution in [0.15, 0.2) is 48.8 Å². The summed E-state index contributed by atoms with van der Waals surface area (Å²) in [4.78, 5) is 55.4. The van der Waals surface area contributed by atoms with Crippen molar-refractivity contribution in [2.45, 2.75) is 91.8 Å². The van der Waals surface area contributed by atoms with E-state index in [1.165, 1.54) is 28.9 Å². The fraction of sp³-hybridized carbons (Fsp3) is 0.515. The van der Waals surface area contributed by atoms with E-state index in [0.717, 1.165) is 5.56 Å². The zero-order chi connectivity index (χ0) is 32.6. The summed E-state index contributed by atoms with van der Waals surface area (Å²) in [6.45, 7) is 14.3. The summed E-state index contributed by atoms with van der Waals surface area (Å²) in [5.74, 6) is -1.10. The second kappa shape index (κ2) is 19.1. The Kier molecular flexibility index (Phi) is 17.3. The number of Topliss-reactive ketones (excluding diaryl/α,β-unsaturated/α-hetero) is 1. The number of hydrogen-bond donors (Lipinski definition) is 3. The Morgan fingerprint density at radius 2 is 1.62 bits per heavy atom. The highest BCUT2D eigenvalue weighted by molar-refractivity contribution is 5.95. The van der Waals surface area contributed by atoms with Crippen LogP contribution in [-0.4, -0.2) is 63.6 Å². The first-order valence-corrected chi connectivity index (χ1v) is 14.3. The van der Waals surface area contributed by atoms with Gasteiger partial charge in [0.05, 0.1) is 6.04 Å². The molecule has 5 atom stereocenters. The number of ketones is 1. The fourth-order valence-corrected chi connectivity index (χ4v) is 4.47. The number of hydrogen-bond acceptors (Lipinski definition) is 6. The van der Waals surface area contributed by atoms with Gasteiger partial charge in [0.1, 0.15) is 17.8 Å². The molecule has 1 aromatic rings.